The van der Waals surface area contributed by atoms with E-state index in [0.29, 0.717) is 38.8 Å². The average molecular weight is 398 g/mol. The topological polar surface area (TPSA) is 153 Å². The predicted octanol–water partition coefficient (Wildman–Crippen LogP) is -2.05. The first-order chi connectivity index (χ1) is 13.2. The van der Waals surface area contributed by atoms with Gasteiger partial charge in [-0.3, -0.25) is 19.2 Å². The molecule has 10 nitrogen and oxygen atoms in total. The molecule has 0 aromatic rings. The molecular formula is C18H30N4O6. The second-order valence-corrected chi connectivity index (χ2v) is 7.55. The van der Waals surface area contributed by atoms with Gasteiger partial charge in [-0.05, 0) is 32.6 Å². The van der Waals surface area contributed by atoms with E-state index in [0.717, 1.165) is 0 Å². The number of hydrogen-bond donors (Lipinski definition) is 4. The van der Waals surface area contributed by atoms with E-state index in [4.69, 9.17) is 10.8 Å². The fourth-order valence-corrected chi connectivity index (χ4v) is 3.72. The molecule has 0 spiro atoms. The molecule has 1 unspecified atom stereocenters. The molecule has 2 heterocycles. The summed E-state index contributed by atoms with van der Waals surface area (Å²) >= 11 is 0. The van der Waals surface area contributed by atoms with Gasteiger partial charge in [0, 0.05) is 13.1 Å². The molecule has 0 aromatic heterocycles. The third-order valence-corrected chi connectivity index (χ3v) is 5.62. The molecule has 10 heteroatoms. The molecule has 5 N–H and O–H groups in total. The fourth-order valence-electron chi connectivity index (χ4n) is 3.72. The SMILES string of the molecule is CC(O)[C@H](C)C(=O)N1CCC[C@H]1C(=O)N1CCC[C@H]1C(=O)N[C@@H](CO)C(N)=O. The Bertz CT molecular complexity index is 625. The number of nitrogens with one attached hydrogen (secondary N) is 1. The van der Waals surface area contributed by atoms with Crippen LogP contribution in [0.15, 0.2) is 0 Å². The van der Waals surface area contributed by atoms with Crippen molar-refractivity contribution in [2.24, 2.45) is 11.7 Å². The molecular weight excluding hydrogens is 368 g/mol. The lowest BCUT2D eigenvalue weighted by molar-refractivity contribution is -0.149. The number of nitrogens with zero attached hydrogens (tertiary/aromatic N) is 2. The second-order valence-electron chi connectivity index (χ2n) is 7.55. The molecule has 0 saturated carbocycles. The van der Waals surface area contributed by atoms with Crippen LogP contribution in [0, 0.1) is 5.92 Å². The molecule has 0 aromatic carbocycles. The number of carbonyl (C=O) groups is 4. The zero-order valence-electron chi connectivity index (χ0n) is 16.3. The lowest BCUT2D eigenvalue weighted by Gasteiger charge is -2.32. The summed E-state index contributed by atoms with van der Waals surface area (Å²) in [4.78, 5) is 52.4. The smallest absolute Gasteiger partial charge is 0.246 e. The quantitative estimate of drug-likeness (QED) is 0.387. The molecule has 5 atom stereocenters. The van der Waals surface area contributed by atoms with E-state index in [1.165, 1.54) is 16.7 Å². The van der Waals surface area contributed by atoms with Crippen molar-refractivity contribution in [2.75, 3.05) is 19.7 Å². The Balaban J connectivity index is 2.10. The first-order valence-electron chi connectivity index (χ1n) is 9.68. The van der Waals surface area contributed by atoms with Gasteiger partial charge in [0.1, 0.15) is 18.1 Å². The lowest BCUT2D eigenvalue weighted by Crippen LogP contribution is -2.56. The molecule has 0 aliphatic carbocycles. The van der Waals surface area contributed by atoms with Gasteiger partial charge in [-0.25, -0.2) is 0 Å². The Morgan fingerprint density at radius 2 is 1.64 bits per heavy atom. The summed E-state index contributed by atoms with van der Waals surface area (Å²) in [5.41, 5.74) is 5.13. The summed E-state index contributed by atoms with van der Waals surface area (Å²) < 4.78 is 0. The van der Waals surface area contributed by atoms with E-state index in [9.17, 15) is 24.3 Å². The Morgan fingerprint density at radius 3 is 2.18 bits per heavy atom. The molecule has 2 rings (SSSR count). The molecule has 4 amide bonds. The summed E-state index contributed by atoms with van der Waals surface area (Å²) in [6, 6.07) is -2.64. The molecule has 28 heavy (non-hydrogen) atoms. The third kappa shape index (κ3) is 4.61. The molecule has 0 radical (unpaired) electrons. The number of aliphatic hydroxyl groups is 2. The van der Waals surface area contributed by atoms with Crippen LogP contribution in [0.5, 0.6) is 0 Å². The molecule has 2 aliphatic heterocycles. The van der Waals surface area contributed by atoms with Crippen molar-refractivity contribution in [3.63, 3.8) is 0 Å². The number of hydrogen-bond acceptors (Lipinski definition) is 6. The van der Waals surface area contributed by atoms with Crippen LogP contribution in [0.4, 0.5) is 0 Å². The van der Waals surface area contributed by atoms with Crippen LogP contribution >= 0.6 is 0 Å². The van der Waals surface area contributed by atoms with E-state index in [-0.39, 0.29) is 11.8 Å². The number of nitrogens with two attached hydrogens (primary N) is 1. The monoisotopic (exact) mass is 398 g/mol. The Morgan fingerprint density at radius 1 is 1.07 bits per heavy atom. The van der Waals surface area contributed by atoms with Gasteiger partial charge < -0.3 is 31.1 Å². The highest BCUT2D eigenvalue weighted by atomic mass is 16.3. The van der Waals surface area contributed by atoms with Crippen LogP contribution in [-0.4, -0.2) is 87.6 Å². The summed E-state index contributed by atoms with van der Waals surface area (Å²) in [5.74, 6) is -2.60. The average Bonchev–Trinajstić information content (AvgIpc) is 3.32. The van der Waals surface area contributed by atoms with Crippen molar-refractivity contribution in [1.29, 1.82) is 0 Å². The highest BCUT2D eigenvalue weighted by Gasteiger charge is 2.43. The van der Waals surface area contributed by atoms with Crippen LogP contribution in [0.1, 0.15) is 39.5 Å². The minimum absolute atomic E-state index is 0.278. The number of primary amides is 1. The Hall–Kier alpha value is -2.20. The van der Waals surface area contributed by atoms with E-state index < -0.39 is 48.6 Å². The summed E-state index contributed by atoms with van der Waals surface area (Å²) in [7, 11) is 0. The minimum Gasteiger partial charge on any atom is -0.394 e. The maximum atomic E-state index is 13.1. The maximum Gasteiger partial charge on any atom is 0.246 e. The Kier molecular flexibility index (Phi) is 7.36. The number of rotatable bonds is 7. The number of amides is 4. The van der Waals surface area contributed by atoms with E-state index in [2.05, 4.69) is 5.32 Å². The van der Waals surface area contributed by atoms with Gasteiger partial charge in [0.15, 0.2) is 0 Å². The van der Waals surface area contributed by atoms with E-state index in [1.807, 2.05) is 0 Å². The summed E-state index contributed by atoms with van der Waals surface area (Å²) in [5, 5.41) is 21.2. The standard InChI is InChI=1S/C18H30N4O6/c1-10(11(2)24)17(27)22-8-4-6-14(22)18(28)21-7-3-5-13(21)16(26)20-12(9-23)15(19)25/h10-14,23-24H,3-9H2,1-2H3,(H2,19,25)(H,20,26)/t10-,11?,12-,13-,14-/m0/s1. The summed E-state index contributed by atoms with van der Waals surface area (Å²) in [6.07, 6.45) is 1.41. The lowest BCUT2D eigenvalue weighted by atomic mass is 10.0. The van der Waals surface area contributed by atoms with Gasteiger partial charge in [-0.15, -0.1) is 0 Å². The van der Waals surface area contributed by atoms with Crippen molar-refractivity contribution in [2.45, 2.75) is 63.8 Å². The first kappa shape index (κ1) is 22.1. The van der Waals surface area contributed by atoms with Crippen LogP contribution in [0.2, 0.25) is 0 Å². The van der Waals surface area contributed by atoms with Gasteiger partial charge in [-0.1, -0.05) is 6.92 Å². The van der Waals surface area contributed by atoms with Crippen molar-refractivity contribution >= 4 is 23.6 Å². The van der Waals surface area contributed by atoms with Crippen LogP contribution in [0.3, 0.4) is 0 Å². The molecule has 2 fully saturated rings. The predicted molar refractivity (Wildman–Crippen MR) is 98.5 cm³/mol. The van der Waals surface area contributed by atoms with Gasteiger partial charge in [0.05, 0.1) is 18.6 Å². The normalized spacial score (nSPS) is 25.3. The third-order valence-electron chi connectivity index (χ3n) is 5.62. The molecule has 0 bridgehead atoms. The molecule has 2 saturated heterocycles. The number of aliphatic hydroxyl groups excluding tert-OH is 2. The van der Waals surface area contributed by atoms with Crippen LogP contribution in [0.25, 0.3) is 0 Å². The zero-order chi connectivity index (χ0) is 21.0. The molecule has 2 aliphatic rings. The van der Waals surface area contributed by atoms with Crippen LogP contribution in [-0.2, 0) is 19.2 Å². The van der Waals surface area contributed by atoms with Crippen molar-refractivity contribution in [3.8, 4) is 0 Å². The highest BCUT2D eigenvalue weighted by molar-refractivity contribution is 5.95. The second kappa shape index (κ2) is 9.33. The van der Waals surface area contributed by atoms with Gasteiger partial charge in [0.2, 0.25) is 23.6 Å². The van der Waals surface area contributed by atoms with Crippen molar-refractivity contribution in [1.82, 2.24) is 15.1 Å². The molecule has 158 valence electrons. The zero-order valence-corrected chi connectivity index (χ0v) is 16.3. The first-order valence-corrected chi connectivity index (χ1v) is 9.68. The number of likely N-dealkylation sites (tertiary alicyclic amines) is 2. The minimum atomic E-state index is -1.21. The Labute approximate surface area is 164 Å². The van der Waals surface area contributed by atoms with Crippen LogP contribution < -0.4 is 11.1 Å². The largest absolute Gasteiger partial charge is 0.394 e. The van der Waals surface area contributed by atoms with E-state index in [1.54, 1.807) is 6.92 Å². The van der Waals surface area contributed by atoms with Gasteiger partial charge >= 0.3 is 0 Å². The van der Waals surface area contributed by atoms with Crippen molar-refractivity contribution < 1.29 is 29.4 Å². The number of carbonyl (C=O) groups excluding carboxylic acids is 4. The summed E-state index contributed by atoms with van der Waals surface area (Å²) in [6.45, 7) is 3.35. The fraction of sp³-hybridized carbons (Fsp3) is 0.778. The maximum absolute atomic E-state index is 13.1. The van der Waals surface area contributed by atoms with Crippen molar-refractivity contribution in [3.05, 3.63) is 0 Å². The highest BCUT2D eigenvalue weighted by Crippen LogP contribution is 2.26. The van der Waals surface area contributed by atoms with E-state index >= 15 is 0 Å². The van der Waals surface area contributed by atoms with Gasteiger partial charge in [-0.2, -0.15) is 0 Å². The van der Waals surface area contributed by atoms with Gasteiger partial charge in [0.25, 0.3) is 0 Å².